The Bertz CT molecular complexity index is 1130. The number of halogens is 3. The lowest BCUT2D eigenvalue weighted by Gasteiger charge is -2.12. The zero-order chi connectivity index (χ0) is 20.5. The van der Waals surface area contributed by atoms with Gasteiger partial charge in [0.2, 0.25) is 0 Å². The van der Waals surface area contributed by atoms with E-state index in [1.54, 1.807) is 54.1 Å². The summed E-state index contributed by atoms with van der Waals surface area (Å²) in [7, 11) is 0. The summed E-state index contributed by atoms with van der Waals surface area (Å²) in [5.74, 6) is -1.34. The third kappa shape index (κ3) is 3.91. The second kappa shape index (κ2) is 7.24. The van der Waals surface area contributed by atoms with Gasteiger partial charge in [-0.25, -0.2) is 4.79 Å². The van der Waals surface area contributed by atoms with Crippen LogP contribution in [-0.4, -0.2) is 15.6 Å². The normalized spacial score (nSPS) is 12.2. The fourth-order valence-electron chi connectivity index (χ4n) is 3.13. The number of aryl methyl sites for hydroxylation is 1. The highest BCUT2D eigenvalue weighted by Gasteiger charge is 2.30. The number of rotatable bonds is 4. The number of carboxylic acid groups (broad SMARTS) is 1. The van der Waals surface area contributed by atoms with Crippen molar-refractivity contribution in [1.29, 1.82) is 5.26 Å². The first-order valence-corrected chi connectivity index (χ1v) is 8.30. The molecule has 0 saturated heterocycles. The number of para-hydroxylation sites is 1. The van der Waals surface area contributed by atoms with Crippen molar-refractivity contribution in [1.82, 2.24) is 4.57 Å². The van der Waals surface area contributed by atoms with Crippen LogP contribution in [0.5, 0.6) is 0 Å². The molecule has 0 saturated carbocycles. The highest BCUT2D eigenvalue weighted by Crippen LogP contribution is 2.31. The minimum Gasteiger partial charge on any atom is -0.477 e. The van der Waals surface area contributed by atoms with Gasteiger partial charge in [0, 0.05) is 29.2 Å². The van der Waals surface area contributed by atoms with Crippen molar-refractivity contribution < 1.29 is 23.1 Å². The average Bonchev–Trinajstić information content (AvgIpc) is 2.96. The number of carbonyl (C=O) groups is 1. The van der Waals surface area contributed by atoms with Crippen LogP contribution in [-0.2, 0) is 17.5 Å². The summed E-state index contributed by atoms with van der Waals surface area (Å²) < 4.78 is 41.0. The first-order valence-electron chi connectivity index (χ1n) is 8.30. The molecule has 3 rings (SSSR count). The third-order valence-electron chi connectivity index (χ3n) is 4.29. The number of aromatic nitrogens is 1. The van der Waals surface area contributed by atoms with Crippen LogP contribution >= 0.6 is 0 Å². The third-order valence-corrected chi connectivity index (χ3v) is 4.29. The fourth-order valence-corrected chi connectivity index (χ4v) is 3.13. The van der Waals surface area contributed by atoms with Crippen molar-refractivity contribution >= 4 is 22.9 Å². The molecule has 0 fully saturated rings. The maximum atomic E-state index is 13.1. The van der Waals surface area contributed by atoms with E-state index in [0.29, 0.717) is 22.1 Å². The lowest BCUT2D eigenvalue weighted by molar-refractivity contribution is -0.137. The number of hydrogen-bond donors (Lipinski definition) is 1. The van der Waals surface area contributed by atoms with Gasteiger partial charge < -0.3 is 9.67 Å². The van der Waals surface area contributed by atoms with E-state index in [1.807, 2.05) is 0 Å². The molecule has 0 aliphatic rings. The monoisotopic (exact) mass is 384 g/mol. The summed E-state index contributed by atoms with van der Waals surface area (Å²) in [6, 6.07) is 12.6. The highest BCUT2D eigenvalue weighted by atomic mass is 19.4. The molecular weight excluding hydrogens is 369 g/mol. The van der Waals surface area contributed by atoms with Crippen LogP contribution < -0.4 is 0 Å². The number of fused-ring (bicyclic) bond motifs is 1. The van der Waals surface area contributed by atoms with Gasteiger partial charge in [-0.05, 0) is 36.8 Å². The molecule has 0 aliphatic carbocycles. The van der Waals surface area contributed by atoms with Crippen LogP contribution in [0.3, 0.4) is 0 Å². The largest absolute Gasteiger partial charge is 0.477 e. The Kier molecular flexibility index (Phi) is 4.97. The number of aliphatic carboxylic acids is 1. The second-order valence-corrected chi connectivity index (χ2v) is 6.41. The molecule has 0 atom stereocenters. The number of hydrogen-bond acceptors (Lipinski definition) is 2. The topological polar surface area (TPSA) is 66.0 Å². The SMILES string of the molecule is Cc1cc(Cn2cc(/C=C(\C#N)C(=O)O)c3ccccc32)cc(C(F)(F)F)c1. The van der Waals surface area contributed by atoms with Crippen molar-refractivity contribution in [3.8, 4) is 6.07 Å². The minimum atomic E-state index is -4.43. The van der Waals surface area contributed by atoms with Gasteiger partial charge >= 0.3 is 12.1 Å². The van der Waals surface area contributed by atoms with Crippen molar-refractivity contribution in [3.05, 3.63) is 76.5 Å². The van der Waals surface area contributed by atoms with E-state index < -0.39 is 23.3 Å². The zero-order valence-electron chi connectivity index (χ0n) is 14.8. The molecule has 7 heteroatoms. The van der Waals surface area contributed by atoms with Crippen molar-refractivity contribution in [2.24, 2.45) is 0 Å². The van der Waals surface area contributed by atoms with Gasteiger partial charge in [0.25, 0.3) is 0 Å². The van der Waals surface area contributed by atoms with Gasteiger partial charge in [-0.1, -0.05) is 29.8 Å². The van der Waals surface area contributed by atoms with Crippen LogP contribution in [0.25, 0.3) is 17.0 Å². The summed E-state index contributed by atoms with van der Waals surface area (Å²) in [5, 5.41) is 18.8. The summed E-state index contributed by atoms with van der Waals surface area (Å²) in [6.45, 7) is 1.78. The highest BCUT2D eigenvalue weighted by molar-refractivity contribution is 6.00. The molecular formula is C21H15F3N2O2. The van der Waals surface area contributed by atoms with Crippen LogP contribution in [0.15, 0.2) is 54.2 Å². The standard InChI is InChI=1S/C21H15F3N2O2/c1-13-6-14(8-17(7-13)21(22,23)24)11-26-12-16(9-15(10-25)20(27)28)18-4-2-3-5-19(18)26/h2-9,12H,11H2,1H3,(H,27,28)/b15-9+. The lowest BCUT2D eigenvalue weighted by atomic mass is 10.1. The first-order chi connectivity index (χ1) is 13.2. The van der Waals surface area contributed by atoms with E-state index in [2.05, 4.69) is 0 Å². The molecule has 1 heterocycles. The van der Waals surface area contributed by atoms with Crippen molar-refractivity contribution in [2.75, 3.05) is 0 Å². The second-order valence-electron chi connectivity index (χ2n) is 6.41. The summed E-state index contributed by atoms with van der Waals surface area (Å²) in [6.07, 6.45) is -1.53. The Morgan fingerprint density at radius 2 is 1.96 bits per heavy atom. The maximum Gasteiger partial charge on any atom is 0.416 e. The van der Waals surface area contributed by atoms with Gasteiger partial charge in [0.15, 0.2) is 0 Å². The smallest absolute Gasteiger partial charge is 0.416 e. The Labute approximate surface area is 158 Å². The van der Waals surface area contributed by atoms with E-state index >= 15 is 0 Å². The van der Waals surface area contributed by atoms with E-state index in [1.165, 1.54) is 6.08 Å². The minimum absolute atomic E-state index is 0.175. The van der Waals surface area contributed by atoms with Crippen LogP contribution in [0.1, 0.15) is 22.3 Å². The number of alkyl halides is 3. The van der Waals surface area contributed by atoms with Gasteiger partial charge in [0.05, 0.1) is 5.56 Å². The summed E-state index contributed by atoms with van der Waals surface area (Å²) >= 11 is 0. The predicted molar refractivity (Wildman–Crippen MR) is 98.4 cm³/mol. The Hall–Kier alpha value is -3.53. The number of nitriles is 1. The predicted octanol–water partition coefficient (Wildman–Crippen LogP) is 5.01. The Morgan fingerprint density at radius 1 is 1.25 bits per heavy atom. The molecule has 2 aromatic carbocycles. The quantitative estimate of drug-likeness (QED) is 0.508. The number of carboxylic acids is 1. The molecule has 28 heavy (non-hydrogen) atoms. The molecule has 0 amide bonds. The molecule has 0 unspecified atom stereocenters. The van der Waals surface area contributed by atoms with Crippen LogP contribution in [0.2, 0.25) is 0 Å². The van der Waals surface area contributed by atoms with E-state index in [9.17, 15) is 18.0 Å². The van der Waals surface area contributed by atoms with Crippen LogP contribution in [0.4, 0.5) is 13.2 Å². The van der Waals surface area contributed by atoms with Gasteiger partial charge in [-0.2, -0.15) is 18.4 Å². The molecule has 142 valence electrons. The molecule has 0 spiro atoms. The maximum absolute atomic E-state index is 13.1. The molecule has 1 N–H and O–H groups in total. The van der Waals surface area contributed by atoms with Crippen molar-refractivity contribution in [3.63, 3.8) is 0 Å². The van der Waals surface area contributed by atoms with Gasteiger partial charge in [-0.3, -0.25) is 0 Å². The van der Waals surface area contributed by atoms with Gasteiger partial charge in [-0.15, -0.1) is 0 Å². The van der Waals surface area contributed by atoms with Crippen LogP contribution in [0, 0.1) is 18.3 Å². The summed E-state index contributed by atoms with van der Waals surface area (Å²) in [4.78, 5) is 11.1. The molecule has 1 aromatic heterocycles. The Balaban J connectivity index is 2.10. The molecule has 0 aliphatic heterocycles. The molecule has 4 nitrogen and oxygen atoms in total. The average molecular weight is 384 g/mol. The van der Waals surface area contributed by atoms with E-state index in [-0.39, 0.29) is 6.54 Å². The van der Waals surface area contributed by atoms with E-state index in [4.69, 9.17) is 10.4 Å². The molecule has 0 bridgehead atoms. The lowest BCUT2D eigenvalue weighted by Crippen LogP contribution is -2.07. The number of nitrogens with zero attached hydrogens (tertiary/aromatic N) is 2. The van der Waals surface area contributed by atoms with Crippen molar-refractivity contribution in [2.45, 2.75) is 19.6 Å². The first kappa shape index (κ1) is 19.2. The summed E-state index contributed by atoms with van der Waals surface area (Å²) in [5.41, 5.74) is 1.08. The van der Waals surface area contributed by atoms with Gasteiger partial charge in [0.1, 0.15) is 11.6 Å². The zero-order valence-corrected chi connectivity index (χ0v) is 14.8. The fraction of sp³-hybridized carbons (Fsp3) is 0.143. The Morgan fingerprint density at radius 3 is 2.61 bits per heavy atom. The molecule has 3 aromatic rings. The molecule has 0 radical (unpaired) electrons. The van der Waals surface area contributed by atoms with E-state index in [0.717, 1.165) is 17.6 Å². The number of benzene rings is 2.